The number of hydrogen-bond donors (Lipinski definition) is 0. The van der Waals surface area contributed by atoms with E-state index in [1.165, 1.54) is 4.90 Å². The molecule has 0 radical (unpaired) electrons. The summed E-state index contributed by atoms with van der Waals surface area (Å²) in [4.78, 5) is 27.5. The van der Waals surface area contributed by atoms with Gasteiger partial charge in [0.05, 0.1) is 26.1 Å². The Morgan fingerprint density at radius 2 is 1.73 bits per heavy atom. The van der Waals surface area contributed by atoms with Gasteiger partial charge in [0.25, 0.3) is 0 Å². The monoisotopic (exact) mass is 304 g/mol. The van der Waals surface area contributed by atoms with E-state index in [9.17, 15) is 9.59 Å². The normalized spacial score (nSPS) is 24.8. The molecule has 3 rings (SSSR count). The molecule has 0 unspecified atom stereocenters. The van der Waals surface area contributed by atoms with Crippen LogP contribution >= 0.6 is 0 Å². The lowest BCUT2D eigenvalue weighted by Gasteiger charge is -2.20. The molecule has 0 aliphatic carbocycles. The Balaban J connectivity index is 1.74. The van der Waals surface area contributed by atoms with Gasteiger partial charge in [-0.3, -0.25) is 19.4 Å². The van der Waals surface area contributed by atoms with Crippen LogP contribution in [0, 0.1) is 11.8 Å². The predicted molar refractivity (Wildman–Crippen MR) is 79.6 cm³/mol. The molecule has 1 aromatic rings. The third kappa shape index (κ3) is 2.33. The van der Waals surface area contributed by atoms with E-state index in [1.54, 1.807) is 21.3 Å². The molecule has 1 aromatic carbocycles. The highest BCUT2D eigenvalue weighted by atomic mass is 16.5. The Morgan fingerprint density at radius 1 is 1.09 bits per heavy atom. The lowest BCUT2D eigenvalue weighted by molar-refractivity contribution is -0.138. The Morgan fingerprint density at radius 3 is 2.27 bits per heavy atom. The second-order valence-electron chi connectivity index (χ2n) is 5.82. The molecule has 0 bridgehead atoms. The second kappa shape index (κ2) is 5.61. The van der Waals surface area contributed by atoms with E-state index in [0.717, 1.165) is 17.1 Å². The first kappa shape index (κ1) is 14.8. The van der Waals surface area contributed by atoms with Crippen LogP contribution in [0.15, 0.2) is 18.2 Å². The van der Waals surface area contributed by atoms with Crippen LogP contribution in [0.2, 0.25) is 0 Å². The van der Waals surface area contributed by atoms with Crippen molar-refractivity contribution in [2.45, 2.75) is 6.54 Å². The molecular formula is C16H20N2O4. The summed E-state index contributed by atoms with van der Waals surface area (Å²) in [6.07, 6.45) is 0. The van der Waals surface area contributed by atoms with Gasteiger partial charge >= 0.3 is 0 Å². The molecule has 6 heteroatoms. The molecule has 2 saturated heterocycles. The molecule has 2 aliphatic heterocycles. The van der Waals surface area contributed by atoms with Crippen LogP contribution in [-0.4, -0.2) is 56.0 Å². The van der Waals surface area contributed by atoms with E-state index < -0.39 is 0 Å². The van der Waals surface area contributed by atoms with Gasteiger partial charge in [-0.1, -0.05) is 6.07 Å². The fourth-order valence-electron chi connectivity index (χ4n) is 3.34. The summed E-state index contributed by atoms with van der Waals surface area (Å²) < 4.78 is 10.6. The van der Waals surface area contributed by atoms with Gasteiger partial charge in [0.1, 0.15) is 11.5 Å². The maximum atomic E-state index is 12.0. The number of hydrogen-bond acceptors (Lipinski definition) is 5. The SMILES string of the molecule is COc1ccc(CN2C[C@@H]3C(=O)N(C)C(=O)[C@@H]3C2)c(OC)c1. The minimum atomic E-state index is -0.193. The smallest absolute Gasteiger partial charge is 0.234 e. The van der Waals surface area contributed by atoms with Gasteiger partial charge in [0, 0.05) is 38.3 Å². The molecule has 2 heterocycles. The topological polar surface area (TPSA) is 59.1 Å². The molecule has 0 N–H and O–H groups in total. The molecule has 0 spiro atoms. The Labute approximate surface area is 129 Å². The minimum absolute atomic E-state index is 0.0563. The summed E-state index contributed by atoms with van der Waals surface area (Å²) in [5.41, 5.74) is 1.02. The van der Waals surface area contributed by atoms with E-state index in [4.69, 9.17) is 9.47 Å². The molecule has 2 atom stereocenters. The number of carbonyl (C=O) groups is 2. The van der Waals surface area contributed by atoms with Crippen LogP contribution in [0.5, 0.6) is 11.5 Å². The number of benzene rings is 1. The highest BCUT2D eigenvalue weighted by Gasteiger charge is 2.50. The summed E-state index contributed by atoms with van der Waals surface area (Å²) in [7, 11) is 4.81. The van der Waals surface area contributed by atoms with Gasteiger partial charge in [-0.05, 0) is 6.07 Å². The highest BCUT2D eigenvalue weighted by molar-refractivity contribution is 6.05. The molecule has 118 valence electrons. The number of rotatable bonds is 4. The quantitative estimate of drug-likeness (QED) is 0.768. The van der Waals surface area contributed by atoms with Crippen LogP contribution in [0.1, 0.15) is 5.56 Å². The van der Waals surface area contributed by atoms with Crippen molar-refractivity contribution in [1.82, 2.24) is 9.80 Å². The van der Waals surface area contributed by atoms with Crippen molar-refractivity contribution < 1.29 is 19.1 Å². The van der Waals surface area contributed by atoms with Crippen LogP contribution in [0.3, 0.4) is 0 Å². The van der Waals surface area contributed by atoms with Crippen molar-refractivity contribution >= 4 is 11.8 Å². The van der Waals surface area contributed by atoms with Crippen LogP contribution < -0.4 is 9.47 Å². The summed E-state index contributed by atoms with van der Waals surface area (Å²) in [5.74, 6) is 0.999. The zero-order valence-electron chi connectivity index (χ0n) is 13.0. The third-order valence-corrected chi connectivity index (χ3v) is 4.58. The molecule has 2 amide bonds. The van der Waals surface area contributed by atoms with Gasteiger partial charge in [-0.15, -0.1) is 0 Å². The van der Waals surface area contributed by atoms with Gasteiger partial charge < -0.3 is 9.47 Å². The lowest BCUT2D eigenvalue weighted by Crippen LogP contribution is -2.33. The van der Waals surface area contributed by atoms with E-state index >= 15 is 0 Å². The average Bonchev–Trinajstić information content (AvgIpc) is 3.03. The summed E-state index contributed by atoms with van der Waals surface area (Å²) in [5, 5.41) is 0. The molecule has 22 heavy (non-hydrogen) atoms. The van der Waals surface area contributed by atoms with Gasteiger partial charge in [0.2, 0.25) is 11.8 Å². The van der Waals surface area contributed by atoms with Crippen LogP contribution in [-0.2, 0) is 16.1 Å². The Hall–Kier alpha value is -2.08. The fourth-order valence-corrected chi connectivity index (χ4v) is 3.34. The zero-order chi connectivity index (χ0) is 15.9. The van der Waals surface area contributed by atoms with E-state index in [2.05, 4.69) is 4.90 Å². The number of carbonyl (C=O) groups excluding carboxylic acids is 2. The number of nitrogens with zero attached hydrogens (tertiary/aromatic N) is 2. The summed E-state index contributed by atoms with van der Waals surface area (Å²) >= 11 is 0. The summed E-state index contributed by atoms with van der Waals surface area (Å²) in [6.45, 7) is 1.90. The average molecular weight is 304 g/mol. The first-order chi connectivity index (χ1) is 10.5. The van der Waals surface area contributed by atoms with Crippen molar-refractivity contribution in [2.24, 2.45) is 11.8 Å². The van der Waals surface area contributed by atoms with Crippen molar-refractivity contribution in [2.75, 3.05) is 34.4 Å². The molecule has 0 saturated carbocycles. The number of fused-ring (bicyclic) bond motifs is 1. The van der Waals surface area contributed by atoms with Gasteiger partial charge in [0.15, 0.2) is 0 Å². The van der Waals surface area contributed by atoms with Gasteiger partial charge in [-0.2, -0.15) is 0 Å². The third-order valence-electron chi connectivity index (χ3n) is 4.58. The predicted octanol–water partition coefficient (Wildman–Crippen LogP) is 0.750. The number of ether oxygens (including phenoxy) is 2. The standard InChI is InChI=1S/C16H20N2O4/c1-17-15(19)12-8-18(9-13(12)16(17)20)7-10-4-5-11(21-2)6-14(10)22-3/h4-6,12-13H,7-9H2,1-3H3/t12-,13+. The van der Waals surface area contributed by atoms with Crippen molar-refractivity contribution in [3.8, 4) is 11.5 Å². The first-order valence-corrected chi connectivity index (χ1v) is 7.29. The molecule has 2 fully saturated rings. The Kier molecular flexibility index (Phi) is 3.78. The van der Waals surface area contributed by atoms with E-state index in [-0.39, 0.29) is 23.7 Å². The van der Waals surface area contributed by atoms with E-state index in [0.29, 0.717) is 19.6 Å². The minimum Gasteiger partial charge on any atom is -0.497 e. The number of likely N-dealkylation sites (tertiary alicyclic amines) is 2. The number of methoxy groups -OCH3 is 2. The number of amides is 2. The van der Waals surface area contributed by atoms with Crippen LogP contribution in [0.25, 0.3) is 0 Å². The molecule has 0 aromatic heterocycles. The first-order valence-electron chi connectivity index (χ1n) is 7.29. The van der Waals surface area contributed by atoms with Crippen molar-refractivity contribution in [1.29, 1.82) is 0 Å². The highest BCUT2D eigenvalue weighted by Crippen LogP contribution is 2.34. The van der Waals surface area contributed by atoms with Crippen molar-refractivity contribution in [3.05, 3.63) is 23.8 Å². The molecule has 6 nitrogen and oxygen atoms in total. The summed E-state index contributed by atoms with van der Waals surface area (Å²) in [6, 6.07) is 5.69. The lowest BCUT2D eigenvalue weighted by atomic mass is 10.00. The fraction of sp³-hybridized carbons (Fsp3) is 0.500. The van der Waals surface area contributed by atoms with Crippen molar-refractivity contribution in [3.63, 3.8) is 0 Å². The maximum Gasteiger partial charge on any atom is 0.234 e. The molecular weight excluding hydrogens is 284 g/mol. The maximum absolute atomic E-state index is 12.0. The van der Waals surface area contributed by atoms with E-state index in [1.807, 2.05) is 18.2 Å². The second-order valence-corrected chi connectivity index (χ2v) is 5.82. The largest absolute Gasteiger partial charge is 0.497 e. The molecule has 2 aliphatic rings. The van der Waals surface area contributed by atoms with Crippen LogP contribution in [0.4, 0.5) is 0 Å². The van der Waals surface area contributed by atoms with Gasteiger partial charge in [-0.25, -0.2) is 0 Å². The Bertz CT molecular complexity index is 592. The zero-order valence-corrected chi connectivity index (χ0v) is 13.0. The number of imide groups is 1.